The van der Waals surface area contributed by atoms with Crippen LogP contribution in [0.15, 0.2) is 24.3 Å². The highest BCUT2D eigenvalue weighted by molar-refractivity contribution is 6.30. The van der Waals surface area contributed by atoms with E-state index in [1.54, 1.807) is 0 Å². The average molecular weight is 242 g/mol. The van der Waals surface area contributed by atoms with E-state index in [-0.39, 0.29) is 0 Å². The van der Waals surface area contributed by atoms with E-state index in [2.05, 4.69) is 12.2 Å². The van der Waals surface area contributed by atoms with Crippen LogP contribution in [-0.4, -0.2) is 19.3 Å². The molecule has 2 nitrogen and oxygen atoms in total. The molecule has 1 aromatic carbocycles. The van der Waals surface area contributed by atoms with Crippen LogP contribution in [0.1, 0.15) is 32.4 Å². The molecule has 1 atom stereocenters. The molecule has 1 rings (SSSR count). The van der Waals surface area contributed by atoms with Crippen LogP contribution in [0.3, 0.4) is 0 Å². The molecule has 0 spiro atoms. The minimum atomic E-state index is 0.299. The smallest absolute Gasteiger partial charge is 0.0594 e. The summed E-state index contributed by atoms with van der Waals surface area (Å²) in [5.74, 6) is 0. The average Bonchev–Trinajstić information content (AvgIpc) is 2.25. The molecule has 1 unspecified atom stereocenters. The third-order valence-electron chi connectivity index (χ3n) is 2.37. The van der Waals surface area contributed by atoms with Crippen molar-refractivity contribution in [3.05, 3.63) is 34.9 Å². The Bertz CT molecular complexity index is 297. The summed E-state index contributed by atoms with van der Waals surface area (Å²) in [6, 6.07) is 8.25. The number of halogens is 1. The molecule has 0 saturated carbocycles. The lowest BCUT2D eigenvalue weighted by Gasteiger charge is -2.15. The number of ether oxygens (including phenoxy) is 1. The second-order valence-electron chi connectivity index (χ2n) is 4.15. The van der Waals surface area contributed by atoms with E-state index in [0.29, 0.717) is 12.1 Å². The number of rotatable bonds is 6. The molecule has 90 valence electrons. The van der Waals surface area contributed by atoms with Crippen LogP contribution in [0, 0.1) is 0 Å². The van der Waals surface area contributed by atoms with Crippen LogP contribution in [-0.2, 0) is 4.74 Å². The van der Waals surface area contributed by atoms with Gasteiger partial charge in [0.25, 0.3) is 0 Å². The summed E-state index contributed by atoms with van der Waals surface area (Å²) in [6.07, 6.45) is 0.299. The molecule has 0 saturated heterocycles. The van der Waals surface area contributed by atoms with Gasteiger partial charge in [0, 0.05) is 17.6 Å². The monoisotopic (exact) mass is 241 g/mol. The zero-order valence-corrected chi connectivity index (χ0v) is 10.9. The molecule has 16 heavy (non-hydrogen) atoms. The van der Waals surface area contributed by atoms with E-state index in [0.717, 1.165) is 18.2 Å². The number of hydrogen-bond donors (Lipinski definition) is 1. The highest BCUT2D eigenvalue weighted by atomic mass is 35.5. The van der Waals surface area contributed by atoms with Crippen molar-refractivity contribution in [1.82, 2.24) is 5.32 Å². The van der Waals surface area contributed by atoms with Crippen LogP contribution in [0.25, 0.3) is 0 Å². The van der Waals surface area contributed by atoms with Gasteiger partial charge < -0.3 is 10.1 Å². The maximum atomic E-state index is 5.84. The molecule has 0 aromatic heterocycles. The second kappa shape index (κ2) is 6.89. The molecule has 0 aliphatic heterocycles. The van der Waals surface area contributed by atoms with E-state index >= 15 is 0 Å². The van der Waals surface area contributed by atoms with Crippen LogP contribution in [0.4, 0.5) is 0 Å². The van der Waals surface area contributed by atoms with Crippen molar-refractivity contribution in [3.8, 4) is 0 Å². The van der Waals surface area contributed by atoms with Crippen LogP contribution < -0.4 is 5.32 Å². The molecule has 0 amide bonds. The van der Waals surface area contributed by atoms with Crippen molar-refractivity contribution < 1.29 is 4.74 Å². The van der Waals surface area contributed by atoms with Crippen molar-refractivity contribution in [1.29, 1.82) is 0 Å². The summed E-state index contributed by atoms with van der Waals surface area (Å²) < 4.78 is 5.46. The van der Waals surface area contributed by atoms with E-state index in [4.69, 9.17) is 16.3 Å². The Morgan fingerprint density at radius 1 is 1.19 bits per heavy atom. The van der Waals surface area contributed by atoms with E-state index in [1.165, 1.54) is 5.56 Å². The first-order chi connectivity index (χ1) is 7.59. The Labute approximate surface area is 103 Å². The molecule has 1 aromatic rings. The van der Waals surface area contributed by atoms with Gasteiger partial charge >= 0.3 is 0 Å². The molecule has 0 bridgehead atoms. The zero-order chi connectivity index (χ0) is 12.0. The number of benzene rings is 1. The molecule has 0 radical (unpaired) electrons. The topological polar surface area (TPSA) is 21.3 Å². The summed E-state index contributed by atoms with van der Waals surface area (Å²) in [6.45, 7) is 7.83. The summed E-state index contributed by atoms with van der Waals surface area (Å²) in [5, 5.41) is 4.18. The van der Waals surface area contributed by atoms with Gasteiger partial charge in [-0.05, 0) is 38.5 Å². The van der Waals surface area contributed by atoms with Gasteiger partial charge in [-0.1, -0.05) is 23.7 Å². The van der Waals surface area contributed by atoms with Gasteiger partial charge in [-0.2, -0.15) is 0 Å². The molecule has 0 aliphatic rings. The molecule has 0 aliphatic carbocycles. The first kappa shape index (κ1) is 13.5. The normalized spacial score (nSPS) is 13.1. The van der Waals surface area contributed by atoms with E-state index in [1.807, 2.05) is 38.1 Å². The summed E-state index contributed by atoms with van der Waals surface area (Å²) in [5.41, 5.74) is 1.24. The first-order valence-electron chi connectivity index (χ1n) is 5.70. The third kappa shape index (κ3) is 4.97. The molecule has 1 N–H and O–H groups in total. The van der Waals surface area contributed by atoms with Gasteiger partial charge in [0.05, 0.1) is 12.7 Å². The molecule has 0 heterocycles. The summed E-state index contributed by atoms with van der Waals surface area (Å²) in [7, 11) is 0. The summed E-state index contributed by atoms with van der Waals surface area (Å²) >= 11 is 5.84. The predicted octanol–water partition coefficient (Wildman–Crippen LogP) is 3.42. The zero-order valence-electron chi connectivity index (χ0n) is 10.2. The standard InChI is InChI=1S/C13H20ClNO/c1-10(2)16-9-8-15-11(3)12-4-6-13(14)7-5-12/h4-7,10-11,15H,8-9H2,1-3H3. The minimum Gasteiger partial charge on any atom is -0.377 e. The lowest BCUT2D eigenvalue weighted by molar-refractivity contribution is 0.0796. The van der Waals surface area contributed by atoms with Gasteiger partial charge in [-0.3, -0.25) is 0 Å². The van der Waals surface area contributed by atoms with Gasteiger partial charge in [-0.15, -0.1) is 0 Å². The van der Waals surface area contributed by atoms with E-state index < -0.39 is 0 Å². The molecular formula is C13H20ClNO. The SMILES string of the molecule is CC(C)OCCNC(C)c1ccc(Cl)cc1. The third-order valence-corrected chi connectivity index (χ3v) is 2.63. The maximum absolute atomic E-state index is 5.84. The molecule has 0 fully saturated rings. The van der Waals surface area contributed by atoms with Crippen molar-refractivity contribution in [3.63, 3.8) is 0 Å². The van der Waals surface area contributed by atoms with Crippen molar-refractivity contribution in [2.24, 2.45) is 0 Å². The maximum Gasteiger partial charge on any atom is 0.0594 e. The largest absolute Gasteiger partial charge is 0.377 e. The van der Waals surface area contributed by atoms with Crippen LogP contribution in [0.2, 0.25) is 5.02 Å². The predicted molar refractivity (Wildman–Crippen MR) is 69.0 cm³/mol. The van der Waals surface area contributed by atoms with Crippen LogP contribution in [0.5, 0.6) is 0 Å². The molecular weight excluding hydrogens is 222 g/mol. The van der Waals surface area contributed by atoms with Crippen molar-refractivity contribution in [2.45, 2.75) is 32.9 Å². The number of hydrogen-bond acceptors (Lipinski definition) is 2. The fourth-order valence-electron chi connectivity index (χ4n) is 1.44. The first-order valence-corrected chi connectivity index (χ1v) is 6.08. The second-order valence-corrected chi connectivity index (χ2v) is 4.58. The Kier molecular flexibility index (Phi) is 5.81. The highest BCUT2D eigenvalue weighted by Crippen LogP contribution is 2.15. The summed E-state index contributed by atoms with van der Waals surface area (Å²) in [4.78, 5) is 0. The van der Waals surface area contributed by atoms with Gasteiger partial charge in [0.1, 0.15) is 0 Å². The Balaban J connectivity index is 2.29. The Morgan fingerprint density at radius 2 is 1.81 bits per heavy atom. The minimum absolute atomic E-state index is 0.299. The van der Waals surface area contributed by atoms with Crippen molar-refractivity contribution in [2.75, 3.05) is 13.2 Å². The lowest BCUT2D eigenvalue weighted by Crippen LogP contribution is -2.24. The highest BCUT2D eigenvalue weighted by Gasteiger charge is 2.03. The quantitative estimate of drug-likeness (QED) is 0.771. The van der Waals surface area contributed by atoms with Gasteiger partial charge in [-0.25, -0.2) is 0 Å². The fraction of sp³-hybridized carbons (Fsp3) is 0.538. The van der Waals surface area contributed by atoms with Crippen molar-refractivity contribution >= 4 is 11.6 Å². The lowest BCUT2D eigenvalue weighted by atomic mass is 10.1. The Morgan fingerprint density at radius 3 is 2.38 bits per heavy atom. The number of nitrogens with one attached hydrogen (secondary N) is 1. The molecule has 3 heteroatoms. The van der Waals surface area contributed by atoms with Gasteiger partial charge in [0.15, 0.2) is 0 Å². The Hall–Kier alpha value is -0.570. The van der Waals surface area contributed by atoms with E-state index in [9.17, 15) is 0 Å². The van der Waals surface area contributed by atoms with Gasteiger partial charge in [0.2, 0.25) is 0 Å². The van der Waals surface area contributed by atoms with Crippen LogP contribution >= 0.6 is 11.6 Å². The fourth-order valence-corrected chi connectivity index (χ4v) is 1.57.